The van der Waals surface area contributed by atoms with Gasteiger partial charge in [-0.05, 0) is 37.0 Å². The molecule has 1 atom stereocenters. The highest BCUT2D eigenvalue weighted by Crippen LogP contribution is 2.32. The normalized spacial score (nSPS) is 17.4. The molecule has 5 rings (SSSR count). The molecule has 1 saturated heterocycles. The molecule has 3 aromatic rings. The summed E-state index contributed by atoms with van der Waals surface area (Å²) in [5.74, 6) is -1.08. The third-order valence-electron chi connectivity index (χ3n) is 5.63. The second-order valence-corrected chi connectivity index (χ2v) is 7.82. The van der Waals surface area contributed by atoms with E-state index in [1.807, 2.05) is 0 Å². The molecule has 1 unspecified atom stereocenters. The molecule has 2 aromatic heterocycles. The van der Waals surface area contributed by atoms with Crippen LogP contribution in [0.2, 0.25) is 0 Å². The van der Waals surface area contributed by atoms with Crippen molar-refractivity contribution >= 4 is 5.82 Å². The molecule has 0 aliphatic carbocycles. The highest BCUT2D eigenvalue weighted by atomic mass is 19.1. The zero-order chi connectivity index (χ0) is 21.5. The van der Waals surface area contributed by atoms with Crippen molar-refractivity contribution in [1.29, 1.82) is 0 Å². The summed E-state index contributed by atoms with van der Waals surface area (Å²) >= 11 is 0. The Hall–Kier alpha value is -3.43. The van der Waals surface area contributed by atoms with E-state index in [4.69, 9.17) is 9.47 Å². The number of aromatic nitrogens is 4. The molecule has 2 aliphatic heterocycles. The van der Waals surface area contributed by atoms with Gasteiger partial charge < -0.3 is 14.4 Å². The minimum absolute atomic E-state index is 0.138. The SMILES string of the molecule is Cn1cc(Oc2c(F)cc(COc3cc4n(c(=O)n3)CC3CCCCN43)cc2F)cn1. The highest BCUT2D eigenvalue weighted by Gasteiger charge is 2.32. The lowest BCUT2D eigenvalue weighted by atomic mass is 10.0. The van der Waals surface area contributed by atoms with E-state index < -0.39 is 17.4 Å². The van der Waals surface area contributed by atoms with Crippen molar-refractivity contribution in [3.05, 3.63) is 58.3 Å². The molecule has 1 aromatic carbocycles. The number of aryl methyl sites for hydroxylation is 1. The number of ether oxygens (including phenoxy) is 2. The number of benzene rings is 1. The minimum atomic E-state index is -0.861. The molecule has 0 amide bonds. The van der Waals surface area contributed by atoms with E-state index in [1.54, 1.807) is 17.7 Å². The molecule has 0 spiro atoms. The van der Waals surface area contributed by atoms with Crippen molar-refractivity contribution in [3.8, 4) is 17.4 Å². The zero-order valence-electron chi connectivity index (χ0n) is 16.9. The van der Waals surface area contributed by atoms with Crippen LogP contribution in [0.4, 0.5) is 14.6 Å². The molecular weight excluding hydrogens is 408 g/mol. The van der Waals surface area contributed by atoms with Gasteiger partial charge in [-0.25, -0.2) is 13.6 Å². The van der Waals surface area contributed by atoms with Crippen LogP contribution >= 0.6 is 0 Å². The zero-order valence-corrected chi connectivity index (χ0v) is 16.9. The number of hydrogen-bond acceptors (Lipinski definition) is 6. The Bertz CT molecular complexity index is 1170. The fourth-order valence-corrected chi connectivity index (χ4v) is 4.18. The first-order valence-corrected chi connectivity index (χ1v) is 10.1. The van der Waals surface area contributed by atoms with Gasteiger partial charge in [0.2, 0.25) is 5.88 Å². The largest absolute Gasteiger partial charge is 0.473 e. The Labute approximate surface area is 176 Å². The van der Waals surface area contributed by atoms with Gasteiger partial charge in [-0.2, -0.15) is 10.1 Å². The highest BCUT2D eigenvalue weighted by molar-refractivity contribution is 5.47. The van der Waals surface area contributed by atoms with Crippen LogP contribution < -0.4 is 20.1 Å². The Morgan fingerprint density at radius 2 is 2.00 bits per heavy atom. The molecule has 1 fully saturated rings. The van der Waals surface area contributed by atoms with Crippen LogP contribution in [0.3, 0.4) is 0 Å². The van der Waals surface area contributed by atoms with E-state index in [9.17, 15) is 13.6 Å². The summed E-state index contributed by atoms with van der Waals surface area (Å²) in [6.45, 7) is 1.39. The summed E-state index contributed by atoms with van der Waals surface area (Å²) in [7, 11) is 1.67. The van der Waals surface area contributed by atoms with Crippen molar-refractivity contribution < 1.29 is 18.3 Å². The van der Waals surface area contributed by atoms with Gasteiger partial charge in [-0.3, -0.25) is 9.25 Å². The number of rotatable bonds is 5. The smallest absolute Gasteiger partial charge is 0.352 e. The van der Waals surface area contributed by atoms with Gasteiger partial charge in [0.25, 0.3) is 0 Å². The maximum atomic E-state index is 14.4. The van der Waals surface area contributed by atoms with E-state index in [1.165, 1.54) is 17.1 Å². The molecule has 0 bridgehead atoms. The Morgan fingerprint density at radius 1 is 1.19 bits per heavy atom. The second kappa shape index (κ2) is 7.68. The van der Waals surface area contributed by atoms with Crippen LogP contribution in [0.1, 0.15) is 24.8 Å². The van der Waals surface area contributed by atoms with Crippen LogP contribution in [0.25, 0.3) is 0 Å². The quantitative estimate of drug-likeness (QED) is 0.621. The van der Waals surface area contributed by atoms with Crippen LogP contribution in [0.5, 0.6) is 17.4 Å². The molecule has 8 nitrogen and oxygen atoms in total. The fourth-order valence-electron chi connectivity index (χ4n) is 4.18. The van der Waals surface area contributed by atoms with Gasteiger partial charge in [0, 0.05) is 32.2 Å². The van der Waals surface area contributed by atoms with Gasteiger partial charge >= 0.3 is 5.69 Å². The summed E-state index contributed by atoms with van der Waals surface area (Å²) < 4.78 is 42.9. The summed E-state index contributed by atoms with van der Waals surface area (Å²) in [6, 6.07) is 4.30. The average Bonchev–Trinajstić information content (AvgIpc) is 3.33. The van der Waals surface area contributed by atoms with Crippen LogP contribution in [0, 0.1) is 11.6 Å². The molecule has 10 heteroatoms. The Balaban J connectivity index is 1.32. The number of anilines is 1. The molecule has 31 heavy (non-hydrogen) atoms. The van der Waals surface area contributed by atoms with E-state index in [0.717, 1.165) is 43.8 Å². The van der Waals surface area contributed by atoms with Crippen molar-refractivity contribution in [2.24, 2.45) is 7.05 Å². The van der Waals surface area contributed by atoms with Crippen LogP contribution in [-0.4, -0.2) is 31.9 Å². The van der Waals surface area contributed by atoms with E-state index >= 15 is 0 Å². The first kappa shape index (κ1) is 19.5. The first-order chi connectivity index (χ1) is 15.0. The summed E-state index contributed by atoms with van der Waals surface area (Å²) in [4.78, 5) is 18.6. The second-order valence-electron chi connectivity index (χ2n) is 7.82. The van der Waals surface area contributed by atoms with Crippen molar-refractivity contribution in [2.75, 3.05) is 11.4 Å². The van der Waals surface area contributed by atoms with Crippen LogP contribution in [-0.2, 0) is 20.2 Å². The number of piperidine rings is 1. The van der Waals surface area contributed by atoms with Crippen molar-refractivity contribution in [1.82, 2.24) is 19.3 Å². The Morgan fingerprint density at radius 3 is 2.74 bits per heavy atom. The third-order valence-corrected chi connectivity index (χ3v) is 5.63. The lowest BCUT2D eigenvalue weighted by Crippen LogP contribution is -2.36. The van der Waals surface area contributed by atoms with E-state index in [2.05, 4.69) is 15.0 Å². The first-order valence-electron chi connectivity index (χ1n) is 10.1. The summed E-state index contributed by atoms with van der Waals surface area (Å²) in [6.07, 6.45) is 6.14. The lowest BCUT2D eigenvalue weighted by Gasteiger charge is -2.30. The van der Waals surface area contributed by atoms with Crippen LogP contribution in [0.15, 0.2) is 35.4 Å². The predicted octanol–water partition coefficient (Wildman–Crippen LogP) is 3.00. The fraction of sp³-hybridized carbons (Fsp3) is 0.381. The number of nitrogens with zero attached hydrogens (tertiary/aromatic N) is 5. The number of hydrogen-bond donors (Lipinski definition) is 0. The summed E-state index contributed by atoms with van der Waals surface area (Å²) in [5, 5.41) is 3.90. The van der Waals surface area contributed by atoms with Gasteiger partial charge in [-0.15, -0.1) is 0 Å². The monoisotopic (exact) mass is 429 g/mol. The maximum Gasteiger partial charge on any atom is 0.352 e. The summed E-state index contributed by atoms with van der Waals surface area (Å²) in [5.41, 5.74) is -0.119. The van der Waals surface area contributed by atoms with Gasteiger partial charge in [-0.1, -0.05) is 0 Å². The van der Waals surface area contributed by atoms with Gasteiger partial charge in [0.05, 0.1) is 12.4 Å². The van der Waals surface area contributed by atoms with Crippen molar-refractivity contribution in [2.45, 2.75) is 38.5 Å². The third kappa shape index (κ3) is 3.73. The molecule has 2 aliphatic rings. The molecule has 4 heterocycles. The molecule has 0 radical (unpaired) electrons. The van der Waals surface area contributed by atoms with Gasteiger partial charge in [0.15, 0.2) is 23.1 Å². The lowest BCUT2D eigenvalue weighted by molar-refractivity contribution is 0.289. The number of fused-ring (bicyclic) bond motifs is 3. The van der Waals surface area contributed by atoms with Crippen molar-refractivity contribution in [3.63, 3.8) is 0 Å². The Kier molecular flexibility index (Phi) is 4.84. The average molecular weight is 429 g/mol. The predicted molar refractivity (Wildman–Crippen MR) is 107 cm³/mol. The topological polar surface area (TPSA) is 74.4 Å². The molecule has 162 valence electrons. The van der Waals surface area contributed by atoms with Gasteiger partial charge in [0.1, 0.15) is 12.4 Å². The molecule has 0 saturated carbocycles. The van der Waals surface area contributed by atoms with E-state index in [0.29, 0.717) is 12.6 Å². The molecule has 0 N–H and O–H groups in total. The standard InChI is InChI=1S/C21H21F2N5O3/c1-26-11-15(9-24-26)31-20-16(22)6-13(7-17(20)23)12-30-18-8-19-27-5-3-2-4-14(27)10-28(19)21(29)25-18/h6-9,11,14H,2-5,10,12H2,1H3. The molecular formula is C21H21F2N5O3. The minimum Gasteiger partial charge on any atom is -0.473 e. The van der Waals surface area contributed by atoms with E-state index in [-0.39, 0.29) is 29.5 Å². The maximum absolute atomic E-state index is 14.4. The number of halogens is 2.